The molecule has 0 aliphatic heterocycles. The number of aryl methyl sites for hydroxylation is 2. The summed E-state index contributed by atoms with van der Waals surface area (Å²) in [6, 6.07) is 8.54. The monoisotopic (exact) mass is 246 g/mol. The average Bonchev–Trinajstić information content (AvgIpc) is 2.74. The predicted octanol–water partition coefficient (Wildman–Crippen LogP) is 4.02. The second-order valence-corrected chi connectivity index (χ2v) is 5.43. The summed E-state index contributed by atoms with van der Waals surface area (Å²) in [4.78, 5) is 5.55. The Morgan fingerprint density at radius 2 is 2.12 bits per heavy atom. The van der Waals surface area contributed by atoms with Crippen LogP contribution >= 0.6 is 11.3 Å². The van der Waals surface area contributed by atoms with Crippen LogP contribution in [0.2, 0.25) is 0 Å². The Balaban J connectivity index is 2.03. The Morgan fingerprint density at radius 3 is 2.82 bits per heavy atom. The van der Waals surface area contributed by atoms with Crippen LogP contribution in [0.3, 0.4) is 0 Å². The molecule has 1 N–H and O–H groups in total. The highest BCUT2D eigenvalue weighted by Crippen LogP contribution is 2.19. The molecule has 0 amide bonds. The summed E-state index contributed by atoms with van der Waals surface area (Å²) in [6.45, 7) is 5.12. The maximum Gasteiger partial charge on any atom is 0.0897 e. The van der Waals surface area contributed by atoms with E-state index in [2.05, 4.69) is 41.5 Å². The van der Waals surface area contributed by atoms with Gasteiger partial charge in [0.25, 0.3) is 0 Å². The molecular formula is C14H18N2S. The zero-order chi connectivity index (χ0) is 12.1. The molecule has 0 saturated heterocycles. The number of thiazole rings is 1. The summed E-state index contributed by atoms with van der Waals surface area (Å²) in [5, 5.41) is 4.63. The van der Waals surface area contributed by atoms with Crippen molar-refractivity contribution >= 4 is 17.0 Å². The average molecular weight is 246 g/mol. The number of para-hydroxylation sites is 1. The van der Waals surface area contributed by atoms with Crippen molar-refractivity contribution in [1.82, 2.24) is 4.98 Å². The molecule has 2 rings (SSSR count). The topological polar surface area (TPSA) is 24.9 Å². The van der Waals surface area contributed by atoms with Crippen LogP contribution in [0.15, 0.2) is 30.5 Å². The summed E-state index contributed by atoms with van der Waals surface area (Å²) in [7, 11) is 0. The minimum atomic E-state index is 0.867. The van der Waals surface area contributed by atoms with E-state index in [1.54, 1.807) is 11.3 Å². The number of anilines is 1. The molecule has 0 aliphatic rings. The first-order valence-electron chi connectivity index (χ1n) is 6.02. The van der Waals surface area contributed by atoms with E-state index >= 15 is 0 Å². The lowest BCUT2D eigenvalue weighted by Gasteiger charge is -2.10. The highest BCUT2D eigenvalue weighted by molar-refractivity contribution is 7.11. The normalized spacial score (nSPS) is 10.5. The standard InChI is InChI=1S/C14H18N2S/c1-3-6-12-7-4-5-8-14(12)16-10-13-9-15-11(2)17-13/h4-5,7-9,16H,3,6,10H2,1-2H3. The fourth-order valence-corrected chi connectivity index (χ4v) is 2.58. The van der Waals surface area contributed by atoms with Crippen LogP contribution in [-0.2, 0) is 13.0 Å². The first kappa shape index (κ1) is 12.1. The summed E-state index contributed by atoms with van der Waals surface area (Å²) in [5.41, 5.74) is 2.65. The van der Waals surface area contributed by atoms with Gasteiger partial charge in [0.15, 0.2) is 0 Å². The molecular weight excluding hydrogens is 228 g/mol. The van der Waals surface area contributed by atoms with E-state index in [0.29, 0.717) is 0 Å². The minimum absolute atomic E-state index is 0.867. The van der Waals surface area contributed by atoms with Gasteiger partial charge < -0.3 is 5.32 Å². The van der Waals surface area contributed by atoms with Gasteiger partial charge in [-0.3, -0.25) is 0 Å². The van der Waals surface area contributed by atoms with Gasteiger partial charge in [-0.1, -0.05) is 31.5 Å². The van der Waals surface area contributed by atoms with E-state index < -0.39 is 0 Å². The highest BCUT2D eigenvalue weighted by atomic mass is 32.1. The van der Waals surface area contributed by atoms with Crippen molar-refractivity contribution in [2.24, 2.45) is 0 Å². The molecule has 0 fully saturated rings. The quantitative estimate of drug-likeness (QED) is 0.862. The van der Waals surface area contributed by atoms with E-state index in [9.17, 15) is 0 Å². The Bertz CT molecular complexity index is 477. The molecule has 0 aliphatic carbocycles. The Kier molecular flexibility index (Phi) is 4.15. The maximum absolute atomic E-state index is 4.27. The fourth-order valence-electron chi connectivity index (χ4n) is 1.85. The number of nitrogens with one attached hydrogen (secondary N) is 1. The lowest BCUT2D eigenvalue weighted by Crippen LogP contribution is -2.00. The van der Waals surface area contributed by atoms with Crippen molar-refractivity contribution in [3.63, 3.8) is 0 Å². The lowest BCUT2D eigenvalue weighted by atomic mass is 10.1. The SMILES string of the molecule is CCCc1ccccc1NCc1cnc(C)s1. The molecule has 3 heteroatoms. The molecule has 1 aromatic heterocycles. The van der Waals surface area contributed by atoms with Crippen LogP contribution in [0.4, 0.5) is 5.69 Å². The molecule has 1 heterocycles. The molecule has 2 aromatic rings. The third kappa shape index (κ3) is 3.30. The first-order chi connectivity index (χ1) is 8.29. The number of hydrogen-bond acceptors (Lipinski definition) is 3. The van der Waals surface area contributed by atoms with Crippen molar-refractivity contribution < 1.29 is 0 Å². The third-order valence-electron chi connectivity index (χ3n) is 2.66. The van der Waals surface area contributed by atoms with E-state index in [-0.39, 0.29) is 0 Å². The molecule has 0 unspecified atom stereocenters. The molecule has 1 aromatic carbocycles. The van der Waals surface area contributed by atoms with E-state index in [4.69, 9.17) is 0 Å². The van der Waals surface area contributed by atoms with Crippen LogP contribution in [0.25, 0.3) is 0 Å². The highest BCUT2D eigenvalue weighted by Gasteiger charge is 2.02. The van der Waals surface area contributed by atoms with E-state index in [0.717, 1.165) is 18.0 Å². The Morgan fingerprint density at radius 1 is 1.29 bits per heavy atom. The molecule has 17 heavy (non-hydrogen) atoms. The van der Waals surface area contributed by atoms with Crippen molar-refractivity contribution in [3.8, 4) is 0 Å². The molecule has 90 valence electrons. The molecule has 0 bridgehead atoms. The van der Waals surface area contributed by atoms with Gasteiger partial charge in [0.1, 0.15) is 0 Å². The van der Waals surface area contributed by atoms with E-state index in [1.807, 2.05) is 13.1 Å². The maximum atomic E-state index is 4.27. The fraction of sp³-hybridized carbons (Fsp3) is 0.357. The van der Waals surface area contributed by atoms with Crippen LogP contribution in [0.1, 0.15) is 28.8 Å². The lowest BCUT2D eigenvalue weighted by molar-refractivity contribution is 0.920. The number of rotatable bonds is 5. The zero-order valence-electron chi connectivity index (χ0n) is 10.4. The van der Waals surface area contributed by atoms with Gasteiger partial charge in [-0.2, -0.15) is 0 Å². The van der Waals surface area contributed by atoms with Crippen molar-refractivity contribution in [2.75, 3.05) is 5.32 Å². The third-order valence-corrected chi connectivity index (χ3v) is 3.57. The van der Waals surface area contributed by atoms with Crippen LogP contribution in [-0.4, -0.2) is 4.98 Å². The van der Waals surface area contributed by atoms with Crippen LogP contribution in [0.5, 0.6) is 0 Å². The minimum Gasteiger partial charge on any atom is -0.380 e. The second kappa shape index (κ2) is 5.82. The van der Waals surface area contributed by atoms with Crippen LogP contribution in [0, 0.1) is 6.92 Å². The van der Waals surface area contributed by atoms with Gasteiger partial charge in [-0.05, 0) is 25.0 Å². The number of aromatic nitrogens is 1. The zero-order valence-corrected chi connectivity index (χ0v) is 11.2. The van der Waals surface area contributed by atoms with Gasteiger partial charge in [0.2, 0.25) is 0 Å². The van der Waals surface area contributed by atoms with Gasteiger partial charge in [-0.15, -0.1) is 11.3 Å². The second-order valence-electron chi connectivity index (χ2n) is 4.11. The van der Waals surface area contributed by atoms with Gasteiger partial charge >= 0.3 is 0 Å². The molecule has 0 atom stereocenters. The summed E-state index contributed by atoms with van der Waals surface area (Å²) in [6.07, 6.45) is 4.26. The van der Waals surface area contributed by atoms with Gasteiger partial charge in [0.05, 0.1) is 11.6 Å². The predicted molar refractivity (Wildman–Crippen MR) is 74.6 cm³/mol. The molecule has 0 saturated carbocycles. The number of hydrogen-bond donors (Lipinski definition) is 1. The van der Waals surface area contributed by atoms with Crippen molar-refractivity contribution in [1.29, 1.82) is 0 Å². The number of nitrogens with zero attached hydrogens (tertiary/aromatic N) is 1. The van der Waals surface area contributed by atoms with Gasteiger partial charge in [0, 0.05) is 16.8 Å². The smallest absolute Gasteiger partial charge is 0.0897 e. The Hall–Kier alpha value is -1.35. The first-order valence-corrected chi connectivity index (χ1v) is 6.84. The molecule has 2 nitrogen and oxygen atoms in total. The Labute approximate surface area is 107 Å². The van der Waals surface area contributed by atoms with Crippen LogP contribution < -0.4 is 5.32 Å². The molecule has 0 radical (unpaired) electrons. The summed E-state index contributed by atoms with van der Waals surface area (Å²) in [5.74, 6) is 0. The largest absolute Gasteiger partial charge is 0.380 e. The van der Waals surface area contributed by atoms with Crippen molar-refractivity contribution in [2.45, 2.75) is 33.2 Å². The molecule has 0 spiro atoms. The summed E-state index contributed by atoms with van der Waals surface area (Å²) >= 11 is 1.75. The van der Waals surface area contributed by atoms with Crippen molar-refractivity contribution in [3.05, 3.63) is 45.9 Å². The summed E-state index contributed by atoms with van der Waals surface area (Å²) < 4.78 is 0. The number of benzene rings is 1. The van der Waals surface area contributed by atoms with E-state index in [1.165, 1.54) is 22.5 Å². The van der Waals surface area contributed by atoms with Gasteiger partial charge in [-0.25, -0.2) is 4.98 Å².